The third kappa shape index (κ3) is 5.31. The van der Waals surface area contributed by atoms with Crippen molar-refractivity contribution in [2.24, 2.45) is 0 Å². The second-order valence-electron chi connectivity index (χ2n) is 8.60. The normalized spacial score (nSPS) is 14.2. The number of nitrogens with zero attached hydrogens (tertiary/aromatic N) is 6. The second kappa shape index (κ2) is 11.1. The molecule has 40 heavy (non-hydrogen) atoms. The molecule has 0 bridgehead atoms. The van der Waals surface area contributed by atoms with Crippen LogP contribution in [-0.4, -0.2) is 77.1 Å². The number of halogens is 2. The molecule has 208 valence electrons. The van der Waals surface area contributed by atoms with Gasteiger partial charge in [-0.15, -0.1) is 0 Å². The maximum atomic E-state index is 13.8. The molecule has 16 heteroatoms. The summed E-state index contributed by atoms with van der Waals surface area (Å²) in [4.78, 5) is 30.0. The number of carbonyl (C=O) groups is 1. The Labute approximate surface area is 232 Å². The highest BCUT2D eigenvalue weighted by Gasteiger charge is 2.32. The molecule has 0 saturated carbocycles. The number of aromatic nitrogens is 4. The van der Waals surface area contributed by atoms with Gasteiger partial charge in [0.15, 0.2) is 0 Å². The molecule has 1 aliphatic heterocycles. The zero-order chi connectivity index (χ0) is 28.4. The smallest absolute Gasteiger partial charge is 0.277 e. The molecule has 1 amide bonds. The van der Waals surface area contributed by atoms with Crippen molar-refractivity contribution >= 4 is 55.9 Å². The number of anilines is 3. The quantitative estimate of drug-likeness (QED) is 0.215. The summed E-state index contributed by atoms with van der Waals surface area (Å²) in [5.74, 6) is -0.575. The first-order chi connectivity index (χ1) is 19.2. The highest BCUT2D eigenvalue weighted by Crippen LogP contribution is 2.34. The lowest BCUT2D eigenvalue weighted by Crippen LogP contribution is -2.49. The van der Waals surface area contributed by atoms with Crippen LogP contribution in [0.4, 0.5) is 21.8 Å². The van der Waals surface area contributed by atoms with E-state index in [4.69, 9.17) is 21.5 Å². The Kier molecular flexibility index (Phi) is 7.62. The van der Waals surface area contributed by atoms with Gasteiger partial charge in [0.25, 0.3) is 5.91 Å². The van der Waals surface area contributed by atoms with Crippen molar-refractivity contribution in [1.29, 1.82) is 0 Å². The molecular formula is C24H22ClFN8O5S. The number of hydrogen-bond acceptors (Lipinski definition) is 11. The van der Waals surface area contributed by atoms with Crippen LogP contribution >= 0.6 is 11.6 Å². The van der Waals surface area contributed by atoms with Gasteiger partial charge in [0.1, 0.15) is 28.6 Å². The number of benzene rings is 2. The number of amides is 1. The number of carbonyl (C=O) groups excluding carboxylic acids is 1. The number of hydroxylamine groups is 1. The Bertz CT molecular complexity index is 1690. The first-order valence-corrected chi connectivity index (χ1v) is 13.6. The molecule has 1 fully saturated rings. The number of hydrogen-bond donors (Lipinski definition) is 3. The third-order valence-corrected chi connectivity index (χ3v) is 8.45. The number of nitrogens with one attached hydrogen (secondary N) is 2. The van der Waals surface area contributed by atoms with Crippen molar-refractivity contribution < 1.29 is 27.5 Å². The molecule has 3 heterocycles. The highest BCUT2D eigenvalue weighted by atomic mass is 35.5. The van der Waals surface area contributed by atoms with E-state index in [1.165, 1.54) is 65.9 Å². The molecule has 3 N–H and O–H groups in total. The first kappa shape index (κ1) is 27.4. The fourth-order valence-corrected chi connectivity index (χ4v) is 5.94. The number of piperazine rings is 1. The Balaban J connectivity index is 1.41. The van der Waals surface area contributed by atoms with Crippen molar-refractivity contribution in [3.63, 3.8) is 0 Å². The lowest BCUT2D eigenvalue weighted by Gasteiger charge is -2.34. The molecule has 0 aliphatic carbocycles. The zero-order valence-electron chi connectivity index (χ0n) is 20.9. The summed E-state index contributed by atoms with van der Waals surface area (Å²) in [6.07, 6.45) is 3.85. The topological polar surface area (TPSA) is 163 Å². The number of rotatable bonds is 7. The van der Waals surface area contributed by atoms with Crippen LogP contribution in [0, 0.1) is 5.82 Å². The minimum atomic E-state index is -4.02. The van der Waals surface area contributed by atoms with Crippen molar-refractivity contribution in [2.75, 3.05) is 43.5 Å². The predicted molar refractivity (Wildman–Crippen MR) is 143 cm³/mol. The molecule has 1 saturated heterocycles. The molecule has 0 spiro atoms. The van der Waals surface area contributed by atoms with E-state index in [0.717, 1.165) is 0 Å². The number of fused-ring (bicyclic) bond motifs is 1. The van der Waals surface area contributed by atoms with Gasteiger partial charge < -0.3 is 15.0 Å². The SMILES string of the molecule is COc1cc2ncnc(Nc3ccc(F)c(Cl)c3)c2cc1S(=O)(=O)N1CCN(c2ncc(C(=O)NO)cn2)CC1. The van der Waals surface area contributed by atoms with Crippen LogP contribution in [0.5, 0.6) is 5.75 Å². The molecule has 2 aromatic carbocycles. The maximum Gasteiger partial charge on any atom is 0.277 e. The van der Waals surface area contributed by atoms with Crippen LogP contribution in [0.15, 0.2) is 53.9 Å². The molecule has 13 nitrogen and oxygen atoms in total. The second-order valence-corrected chi connectivity index (χ2v) is 10.9. The summed E-state index contributed by atoms with van der Waals surface area (Å²) in [6, 6.07) is 7.04. The van der Waals surface area contributed by atoms with E-state index in [1.807, 2.05) is 0 Å². The van der Waals surface area contributed by atoms with E-state index in [-0.39, 0.29) is 34.3 Å². The van der Waals surface area contributed by atoms with Crippen molar-refractivity contribution in [1.82, 2.24) is 29.7 Å². The van der Waals surface area contributed by atoms with Gasteiger partial charge in [-0.05, 0) is 24.3 Å². The standard InChI is InChI=1S/C24H22ClFN8O5S/c1-39-20-10-19-16(22(30-13-29-19)31-15-2-3-18(26)17(25)8-15)9-21(20)40(37,38)34-6-4-33(5-7-34)24-27-11-14(12-28-24)23(35)32-36/h2-3,8-13,36H,4-7H2,1H3,(H,32,35)(H,29,30,31). The molecule has 0 unspecified atom stereocenters. The van der Waals surface area contributed by atoms with Crippen LogP contribution in [0.25, 0.3) is 10.9 Å². The van der Waals surface area contributed by atoms with Crippen LogP contribution in [0.2, 0.25) is 5.02 Å². The number of ether oxygens (including phenoxy) is 1. The fraction of sp³-hybridized carbons (Fsp3) is 0.208. The largest absolute Gasteiger partial charge is 0.495 e. The highest BCUT2D eigenvalue weighted by molar-refractivity contribution is 7.89. The average Bonchev–Trinajstić information content (AvgIpc) is 2.98. The van der Waals surface area contributed by atoms with Gasteiger partial charge in [0, 0.05) is 55.7 Å². The van der Waals surface area contributed by atoms with Gasteiger partial charge in [0.05, 0.1) is 23.2 Å². The van der Waals surface area contributed by atoms with Gasteiger partial charge in [-0.1, -0.05) is 11.6 Å². The van der Waals surface area contributed by atoms with Crippen LogP contribution < -0.4 is 20.4 Å². The Morgan fingerprint density at radius 2 is 1.80 bits per heavy atom. The molecule has 5 rings (SSSR count). The maximum absolute atomic E-state index is 13.8. The lowest BCUT2D eigenvalue weighted by atomic mass is 10.2. The van der Waals surface area contributed by atoms with Gasteiger partial charge in [-0.3, -0.25) is 10.0 Å². The van der Waals surface area contributed by atoms with Gasteiger partial charge in [-0.25, -0.2) is 38.2 Å². The third-order valence-electron chi connectivity index (χ3n) is 6.24. The van der Waals surface area contributed by atoms with E-state index in [0.29, 0.717) is 41.4 Å². The van der Waals surface area contributed by atoms with Crippen molar-refractivity contribution in [2.45, 2.75) is 4.90 Å². The summed E-state index contributed by atoms with van der Waals surface area (Å²) in [5, 5.41) is 12.1. The summed E-state index contributed by atoms with van der Waals surface area (Å²) in [6.45, 7) is 0.857. The Morgan fingerprint density at radius 1 is 1.07 bits per heavy atom. The summed E-state index contributed by atoms with van der Waals surface area (Å²) >= 11 is 5.90. The van der Waals surface area contributed by atoms with Crippen molar-refractivity contribution in [3.8, 4) is 5.75 Å². The molecule has 2 aromatic heterocycles. The zero-order valence-corrected chi connectivity index (χ0v) is 22.4. The van der Waals surface area contributed by atoms with E-state index in [9.17, 15) is 17.6 Å². The predicted octanol–water partition coefficient (Wildman–Crippen LogP) is 2.59. The minimum Gasteiger partial charge on any atom is -0.495 e. The number of sulfonamides is 1. The molecular weight excluding hydrogens is 567 g/mol. The fourth-order valence-electron chi connectivity index (χ4n) is 4.17. The van der Waals surface area contributed by atoms with E-state index in [1.54, 1.807) is 4.90 Å². The lowest BCUT2D eigenvalue weighted by molar-refractivity contribution is 0.0705. The average molecular weight is 589 g/mol. The van der Waals surface area contributed by atoms with Gasteiger partial charge in [0.2, 0.25) is 16.0 Å². The van der Waals surface area contributed by atoms with Crippen LogP contribution in [0.3, 0.4) is 0 Å². The van der Waals surface area contributed by atoms with Crippen LogP contribution in [0.1, 0.15) is 10.4 Å². The Morgan fingerprint density at radius 3 is 2.45 bits per heavy atom. The first-order valence-electron chi connectivity index (χ1n) is 11.8. The summed E-state index contributed by atoms with van der Waals surface area (Å²) < 4.78 is 47.9. The van der Waals surface area contributed by atoms with Gasteiger partial charge >= 0.3 is 0 Å². The molecule has 1 aliphatic rings. The van der Waals surface area contributed by atoms with Gasteiger partial charge in [-0.2, -0.15) is 4.31 Å². The van der Waals surface area contributed by atoms with E-state index >= 15 is 0 Å². The molecule has 0 atom stereocenters. The molecule has 4 aromatic rings. The van der Waals surface area contributed by atoms with E-state index in [2.05, 4.69) is 25.3 Å². The summed E-state index contributed by atoms with van der Waals surface area (Å²) in [7, 11) is -2.65. The van der Waals surface area contributed by atoms with E-state index < -0.39 is 21.7 Å². The number of methoxy groups -OCH3 is 1. The summed E-state index contributed by atoms with van der Waals surface area (Å²) in [5.41, 5.74) is 2.48. The Hall–Kier alpha value is -4.18. The van der Waals surface area contributed by atoms with Crippen molar-refractivity contribution in [3.05, 3.63) is 65.5 Å². The van der Waals surface area contributed by atoms with Crippen LogP contribution in [-0.2, 0) is 10.0 Å². The monoisotopic (exact) mass is 588 g/mol. The molecule has 0 radical (unpaired) electrons. The minimum absolute atomic E-state index is 0.0680.